The third kappa shape index (κ3) is 4.82. The van der Waals surface area contributed by atoms with E-state index in [2.05, 4.69) is 17.3 Å². The lowest BCUT2D eigenvalue weighted by atomic mass is 10.1. The van der Waals surface area contributed by atoms with Crippen LogP contribution < -0.4 is 14.8 Å². The van der Waals surface area contributed by atoms with Crippen molar-refractivity contribution in [3.63, 3.8) is 0 Å². The predicted octanol–water partition coefficient (Wildman–Crippen LogP) is 2.50. The minimum atomic E-state index is -0.345. The van der Waals surface area contributed by atoms with E-state index in [4.69, 9.17) is 14.2 Å². The average molecular weight is 431 g/mol. The normalized spacial score (nSPS) is 15.8. The van der Waals surface area contributed by atoms with Gasteiger partial charge in [-0.05, 0) is 31.0 Å². The van der Waals surface area contributed by atoms with Crippen molar-refractivity contribution in [2.45, 2.75) is 32.3 Å². The van der Waals surface area contributed by atoms with Crippen molar-refractivity contribution in [2.24, 2.45) is 7.05 Å². The molecule has 2 heterocycles. The molecule has 0 saturated carbocycles. The quantitative estimate of drug-likeness (QED) is 0.692. The first kappa shape index (κ1) is 22.6. The van der Waals surface area contributed by atoms with Gasteiger partial charge in [-0.3, -0.25) is 14.3 Å². The number of amides is 2. The average Bonchev–Trinajstić information content (AvgIpc) is 3.39. The zero-order chi connectivity index (χ0) is 22.5. The monoisotopic (exact) mass is 430 g/mol. The first-order valence-electron chi connectivity index (χ1n) is 10.3. The highest BCUT2D eigenvalue weighted by atomic mass is 16.5. The topological polar surface area (TPSA) is 94.9 Å². The molecule has 1 saturated heterocycles. The molecule has 1 atom stereocenters. The van der Waals surface area contributed by atoms with Crippen LogP contribution in [0.2, 0.25) is 0 Å². The summed E-state index contributed by atoms with van der Waals surface area (Å²) in [5.74, 6) is 0.215. The second-order valence-electron chi connectivity index (χ2n) is 7.51. The van der Waals surface area contributed by atoms with Crippen LogP contribution in [-0.4, -0.2) is 67.0 Å². The van der Waals surface area contributed by atoms with Crippen molar-refractivity contribution in [1.29, 1.82) is 0 Å². The van der Waals surface area contributed by atoms with E-state index in [-0.39, 0.29) is 17.9 Å². The summed E-state index contributed by atoms with van der Waals surface area (Å²) >= 11 is 0. The number of hydrogen-bond donors (Lipinski definition) is 1. The number of aryl methyl sites for hydroxylation is 2. The van der Waals surface area contributed by atoms with E-state index >= 15 is 0 Å². The van der Waals surface area contributed by atoms with Crippen LogP contribution in [0.3, 0.4) is 0 Å². The zero-order valence-corrected chi connectivity index (χ0v) is 18.7. The van der Waals surface area contributed by atoms with E-state index in [0.717, 1.165) is 25.0 Å². The number of carbonyl (C=O) groups is 2. The Morgan fingerprint density at radius 2 is 1.97 bits per heavy atom. The van der Waals surface area contributed by atoms with Crippen molar-refractivity contribution in [2.75, 3.05) is 39.7 Å². The Bertz CT molecular complexity index is 956. The highest BCUT2D eigenvalue weighted by Gasteiger charge is 2.28. The number of nitrogens with one attached hydrogen (secondary N) is 1. The van der Waals surface area contributed by atoms with Gasteiger partial charge in [-0.1, -0.05) is 13.3 Å². The lowest BCUT2D eigenvalue weighted by Gasteiger charge is -2.19. The van der Waals surface area contributed by atoms with E-state index in [1.54, 1.807) is 41.9 Å². The maximum absolute atomic E-state index is 13.1. The zero-order valence-electron chi connectivity index (χ0n) is 18.7. The third-order valence-corrected chi connectivity index (χ3v) is 5.41. The van der Waals surface area contributed by atoms with Gasteiger partial charge in [-0.15, -0.1) is 0 Å². The molecule has 1 aromatic carbocycles. The summed E-state index contributed by atoms with van der Waals surface area (Å²) in [4.78, 5) is 27.8. The SMILES string of the molecule is CCCc1cc(C(=O)Nc2cc(C(=O)N3CCC(OC)C3)cc(OC)c2OC)n(C)n1. The number of rotatable bonds is 8. The van der Waals surface area contributed by atoms with Gasteiger partial charge in [0.15, 0.2) is 11.5 Å². The number of likely N-dealkylation sites (tertiary alicyclic amines) is 1. The van der Waals surface area contributed by atoms with E-state index in [1.165, 1.54) is 14.2 Å². The second kappa shape index (κ2) is 9.82. The molecule has 1 unspecified atom stereocenters. The van der Waals surface area contributed by atoms with E-state index in [1.807, 2.05) is 0 Å². The number of anilines is 1. The van der Waals surface area contributed by atoms with Crippen LogP contribution >= 0.6 is 0 Å². The molecule has 9 nitrogen and oxygen atoms in total. The molecule has 9 heteroatoms. The van der Waals surface area contributed by atoms with Gasteiger partial charge < -0.3 is 24.4 Å². The minimum Gasteiger partial charge on any atom is -0.493 e. The van der Waals surface area contributed by atoms with Gasteiger partial charge in [0.2, 0.25) is 0 Å². The molecule has 2 aromatic rings. The second-order valence-corrected chi connectivity index (χ2v) is 7.51. The number of nitrogens with zero attached hydrogens (tertiary/aromatic N) is 3. The van der Waals surface area contributed by atoms with Crippen LogP contribution in [0.15, 0.2) is 18.2 Å². The molecule has 1 aliphatic rings. The van der Waals surface area contributed by atoms with Crippen molar-refractivity contribution in [3.05, 3.63) is 35.2 Å². The number of methoxy groups -OCH3 is 3. The molecule has 0 aliphatic carbocycles. The maximum atomic E-state index is 13.1. The first-order valence-corrected chi connectivity index (χ1v) is 10.3. The minimum absolute atomic E-state index is 0.0328. The van der Waals surface area contributed by atoms with Crippen molar-refractivity contribution < 1.29 is 23.8 Å². The summed E-state index contributed by atoms with van der Waals surface area (Å²) in [7, 11) is 6.35. The van der Waals surface area contributed by atoms with Gasteiger partial charge in [0.1, 0.15) is 5.69 Å². The van der Waals surface area contributed by atoms with Gasteiger partial charge in [-0.2, -0.15) is 5.10 Å². The van der Waals surface area contributed by atoms with Crippen LogP contribution in [0.1, 0.15) is 46.3 Å². The highest BCUT2D eigenvalue weighted by Crippen LogP contribution is 2.37. The number of benzene rings is 1. The summed E-state index contributed by atoms with van der Waals surface area (Å²) < 4.78 is 17.8. The van der Waals surface area contributed by atoms with Crippen LogP contribution in [0.25, 0.3) is 0 Å². The lowest BCUT2D eigenvalue weighted by molar-refractivity contribution is 0.0723. The molecule has 0 radical (unpaired) electrons. The molecule has 168 valence electrons. The Balaban J connectivity index is 1.90. The lowest BCUT2D eigenvalue weighted by Crippen LogP contribution is -2.30. The summed E-state index contributed by atoms with van der Waals surface area (Å²) in [5, 5.41) is 7.23. The van der Waals surface area contributed by atoms with Gasteiger partial charge in [0.05, 0.1) is 31.7 Å². The van der Waals surface area contributed by atoms with E-state index in [9.17, 15) is 9.59 Å². The van der Waals surface area contributed by atoms with Crippen LogP contribution in [0, 0.1) is 0 Å². The molecule has 1 aliphatic heterocycles. The predicted molar refractivity (Wildman–Crippen MR) is 116 cm³/mol. The Morgan fingerprint density at radius 3 is 2.58 bits per heavy atom. The van der Waals surface area contributed by atoms with Gasteiger partial charge in [0.25, 0.3) is 11.8 Å². The maximum Gasteiger partial charge on any atom is 0.274 e. The van der Waals surface area contributed by atoms with Crippen LogP contribution in [-0.2, 0) is 18.2 Å². The Labute approximate surface area is 182 Å². The van der Waals surface area contributed by atoms with E-state index in [0.29, 0.717) is 41.5 Å². The smallest absolute Gasteiger partial charge is 0.274 e. The number of carbonyl (C=O) groups excluding carboxylic acids is 2. The molecule has 1 aromatic heterocycles. The first-order chi connectivity index (χ1) is 14.9. The molecule has 0 spiro atoms. The van der Waals surface area contributed by atoms with Crippen molar-refractivity contribution >= 4 is 17.5 Å². The summed E-state index contributed by atoms with van der Waals surface area (Å²) in [6.45, 7) is 3.20. The molecule has 3 rings (SSSR count). The molecule has 31 heavy (non-hydrogen) atoms. The summed E-state index contributed by atoms with van der Waals surface area (Å²) in [6.07, 6.45) is 2.55. The molecule has 1 N–H and O–H groups in total. The fraction of sp³-hybridized carbons (Fsp3) is 0.500. The number of hydrogen-bond acceptors (Lipinski definition) is 6. The molecule has 2 amide bonds. The van der Waals surface area contributed by atoms with Crippen molar-refractivity contribution in [3.8, 4) is 11.5 Å². The molecular weight excluding hydrogens is 400 g/mol. The largest absolute Gasteiger partial charge is 0.493 e. The Hall–Kier alpha value is -3.07. The standard InChI is InChI=1S/C22H30N4O5/c1-6-7-15-12-18(25(2)24-15)21(27)23-17-10-14(11-19(30-4)20(17)31-5)22(28)26-9-8-16(13-26)29-3/h10-12,16H,6-9,13H2,1-5H3,(H,23,27). The Kier molecular flexibility index (Phi) is 7.17. The van der Waals surface area contributed by atoms with Crippen LogP contribution in [0.4, 0.5) is 5.69 Å². The van der Waals surface area contributed by atoms with E-state index < -0.39 is 0 Å². The van der Waals surface area contributed by atoms with Gasteiger partial charge in [0, 0.05) is 32.8 Å². The number of aromatic nitrogens is 2. The fourth-order valence-electron chi connectivity index (χ4n) is 3.77. The third-order valence-electron chi connectivity index (χ3n) is 5.41. The van der Waals surface area contributed by atoms with Gasteiger partial charge in [-0.25, -0.2) is 0 Å². The van der Waals surface area contributed by atoms with Crippen LogP contribution in [0.5, 0.6) is 11.5 Å². The summed E-state index contributed by atoms with van der Waals surface area (Å²) in [6, 6.07) is 5.01. The Morgan fingerprint density at radius 1 is 1.19 bits per heavy atom. The summed E-state index contributed by atoms with van der Waals surface area (Å²) in [5.41, 5.74) is 2.03. The molecular formula is C22H30N4O5. The highest BCUT2D eigenvalue weighted by molar-refractivity contribution is 6.05. The van der Waals surface area contributed by atoms with Crippen molar-refractivity contribution in [1.82, 2.24) is 14.7 Å². The molecule has 0 bridgehead atoms. The fourth-order valence-corrected chi connectivity index (χ4v) is 3.77. The molecule has 1 fully saturated rings. The number of ether oxygens (including phenoxy) is 3. The van der Waals surface area contributed by atoms with Gasteiger partial charge >= 0.3 is 0 Å².